The fraction of sp³-hybridized carbons (Fsp3) is 0.148. The van der Waals surface area contributed by atoms with Gasteiger partial charge in [-0.2, -0.15) is 0 Å². The molecule has 1 amide bonds. The van der Waals surface area contributed by atoms with Crippen molar-refractivity contribution in [1.29, 1.82) is 0 Å². The Kier molecular flexibility index (Phi) is 4.84. The fourth-order valence-electron chi connectivity index (χ4n) is 4.63. The predicted octanol–water partition coefficient (Wildman–Crippen LogP) is 5.60. The van der Waals surface area contributed by atoms with Gasteiger partial charge in [0.25, 0.3) is 5.91 Å². The Morgan fingerprint density at radius 1 is 1.00 bits per heavy atom. The summed E-state index contributed by atoms with van der Waals surface area (Å²) in [6, 6.07) is 27.5. The number of nitrogens with zero attached hydrogens (tertiary/aromatic N) is 3. The zero-order chi connectivity index (χ0) is 22.1. The second-order valence-corrected chi connectivity index (χ2v) is 7.98. The van der Waals surface area contributed by atoms with Crippen LogP contribution in [0.25, 0.3) is 10.9 Å². The number of aromatic nitrogens is 1. The molecule has 1 fully saturated rings. The van der Waals surface area contributed by atoms with E-state index in [9.17, 15) is 9.90 Å². The lowest BCUT2D eigenvalue weighted by molar-refractivity contribution is -0.119. The molecule has 0 saturated heterocycles. The largest absolute Gasteiger partial charge is 0.493 e. The number of carbonyl (C=O) groups is 1. The number of benzene rings is 3. The van der Waals surface area contributed by atoms with E-state index < -0.39 is 5.41 Å². The van der Waals surface area contributed by atoms with Crippen molar-refractivity contribution in [3.63, 3.8) is 0 Å². The van der Waals surface area contributed by atoms with Gasteiger partial charge in [-0.1, -0.05) is 84.8 Å². The van der Waals surface area contributed by atoms with Crippen molar-refractivity contribution in [3.05, 3.63) is 96.1 Å². The third-order valence-electron chi connectivity index (χ3n) is 6.25. The van der Waals surface area contributed by atoms with Crippen LogP contribution in [0.5, 0.6) is 5.88 Å². The highest BCUT2D eigenvalue weighted by atomic mass is 16.3. The lowest BCUT2D eigenvalue weighted by atomic mass is 9.85. The normalized spacial score (nSPS) is 16.8. The molecule has 5 rings (SSSR count). The number of hydrogen-bond acceptors (Lipinski definition) is 3. The van der Waals surface area contributed by atoms with Crippen LogP contribution < -0.4 is 0 Å². The lowest BCUT2D eigenvalue weighted by Crippen LogP contribution is -2.16. The van der Waals surface area contributed by atoms with Gasteiger partial charge in [0.1, 0.15) is 0 Å². The number of fused-ring (bicyclic) bond motifs is 1. The van der Waals surface area contributed by atoms with Crippen molar-refractivity contribution in [2.75, 3.05) is 0 Å². The van der Waals surface area contributed by atoms with Crippen LogP contribution in [0.4, 0.5) is 5.69 Å². The molecule has 1 saturated carbocycles. The van der Waals surface area contributed by atoms with Gasteiger partial charge in [0, 0.05) is 10.8 Å². The number of hydrogen-bond donors (Lipinski definition) is 1. The predicted molar refractivity (Wildman–Crippen MR) is 124 cm³/mol. The number of rotatable bonds is 5. The Morgan fingerprint density at radius 3 is 2.22 bits per heavy atom. The number of carbonyl (C=O) groups excluding carboxylic acids is 1. The second kappa shape index (κ2) is 7.82. The Hall–Kier alpha value is -4.17. The first-order valence-electron chi connectivity index (χ1n) is 10.5. The third kappa shape index (κ3) is 3.09. The number of azo groups is 1. The van der Waals surface area contributed by atoms with E-state index in [1.807, 2.05) is 60.7 Å². The summed E-state index contributed by atoms with van der Waals surface area (Å²) in [5.41, 5.74) is 2.79. The molecule has 1 aliphatic carbocycles. The van der Waals surface area contributed by atoms with Gasteiger partial charge >= 0.3 is 0 Å². The molecule has 1 aromatic heterocycles. The summed E-state index contributed by atoms with van der Waals surface area (Å²) in [4.78, 5) is 13.1. The second-order valence-electron chi connectivity index (χ2n) is 7.98. The minimum Gasteiger partial charge on any atom is -0.493 e. The van der Waals surface area contributed by atoms with Crippen molar-refractivity contribution in [3.8, 4) is 18.2 Å². The van der Waals surface area contributed by atoms with Gasteiger partial charge in [0.2, 0.25) is 5.88 Å². The molecule has 0 aliphatic heterocycles. The first-order chi connectivity index (χ1) is 15.7. The summed E-state index contributed by atoms with van der Waals surface area (Å²) >= 11 is 0. The third-order valence-corrected chi connectivity index (χ3v) is 6.25. The topological polar surface area (TPSA) is 66.9 Å². The van der Waals surface area contributed by atoms with Gasteiger partial charge < -0.3 is 5.11 Å². The summed E-state index contributed by atoms with van der Waals surface area (Å²) in [5, 5.41) is 19.6. The van der Waals surface area contributed by atoms with Gasteiger partial charge in [-0.05, 0) is 23.6 Å². The molecule has 3 aromatic carbocycles. The van der Waals surface area contributed by atoms with Crippen molar-refractivity contribution in [2.24, 2.45) is 16.1 Å². The summed E-state index contributed by atoms with van der Waals surface area (Å²) in [6.07, 6.45) is 6.12. The Morgan fingerprint density at radius 2 is 1.59 bits per heavy atom. The van der Waals surface area contributed by atoms with Crippen LogP contribution in [0.3, 0.4) is 0 Å². The fourth-order valence-corrected chi connectivity index (χ4v) is 4.63. The van der Waals surface area contributed by atoms with Crippen molar-refractivity contribution in [2.45, 2.75) is 18.4 Å². The summed E-state index contributed by atoms with van der Waals surface area (Å²) in [6.45, 7) is 0.198. The Bertz CT molecular complexity index is 1330. The molecule has 0 unspecified atom stereocenters. The quantitative estimate of drug-likeness (QED) is 0.338. The van der Waals surface area contributed by atoms with Gasteiger partial charge in [0.05, 0.1) is 18.0 Å². The minimum absolute atomic E-state index is 0.0890. The molecule has 5 nitrogen and oxygen atoms in total. The Balaban J connectivity index is 1.50. The molecule has 1 atom stereocenters. The van der Waals surface area contributed by atoms with Crippen molar-refractivity contribution < 1.29 is 9.90 Å². The van der Waals surface area contributed by atoms with E-state index >= 15 is 0 Å². The molecule has 32 heavy (non-hydrogen) atoms. The average molecular weight is 419 g/mol. The number of para-hydroxylation sites is 1. The van der Waals surface area contributed by atoms with Gasteiger partial charge in [-0.15, -0.1) is 16.7 Å². The molecular weight excluding hydrogens is 398 g/mol. The van der Waals surface area contributed by atoms with E-state index in [1.54, 1.807) is 4.57 Å². The highest BCUT2D eigenvalue weighted by Crippen LogP contribution is 2.59. The standard InChI is InChI=1S/C27H21N3O2/c1-2-17-30-23-16-10-9-15-21(23)24(26(30)32)28-29-25(31)22-18-27(22,19-11-5-3-6-12-19)20-13-7-4-8-14-20/h1,3-16,22,32H,17-18H2/t22-/m1/s1. The number of aromatic hydroxyl groups is 1. The maximum atomic E-state index is 13.1. The summed E-state index contributed by atoms with van der Waals surface area (Å²) < 4.78 is 1.59. The van der Waals surface area contributed by atoms with Gasteiger partial charge in [0.15, 0.2) is 5.69 Å². The van der Waals surface area contributed by atoms with Crippen LogP contribution in [0.15, 0.2) is 95.2 Å². The molecule has 1 aliphatic rings. The summed E-state index contributed by atoms with van der Waals surface area (Å²) in [7, 11) is 0. The molecule has 1 N–H and O–H groups in total. The number of amides is 1. The molecule has 5 heteroatoms. The van der Waals surface area contributed by atoms with E-state index in [0.717, 1.165) is 16.6 Å². The smallest absolute Gasteiger partial charge is 0.269 e. The zero-order valence-corrected chi connectivity index (χ0v) is 17.3. The first-order valence-corrected chi connectivity index (χ1v) is 10.5. The highest BCUT2D eigenvalue weighted by Gasteiger charge is 2.60. The molecule has 156 valence electrons. The molecule has 4 aromatic rings. The van der Waals surface area contributed by atoms with E-state index in [0.29, 0.717) is 11.8 Å². The first kappa shape index (κ1) is 19.8. The van der Waals surface area contributed by atoms with Crippen LogP contribution in [0.1, 0.15) is 17.5 Å². The lowest BCUT2D eigenvalue weighted by Gasteiger charge is -2.17. The SMILES string of the molecule is C#CCn1c(O)c(N=NC(=O)[C@H]2CC2(c2ccccc2)c2ccccc2)c2ccccc21. The molecule has 0 bridgehead atoms. The number of terminal acetylenes is 1. The molecule has 1 heterocycles. The highest BCUT2D eigenvalue weighted by molar-refractivity contribution is 5.95. The van der Waals surface area contributed by atoms with Crippen molar-refractivity contribution in [1.82, 2.24) is 4.57 Å². The van der Waals surface area contributed by atoms with Crippen molar-refractivity contribution >= 4 is 22.5 Å². The van der Waals surface area contributed by atoms with Crippen LogP contribution in [-0.4, -0.2) is 15.6 Å². The maximum absolute atomic E-state index is 13.1. The van der Waals surface area contributed by atoms with E-state index in [-0.39, 0.29) is 29.9 Å². The summed E-state index contributed by atoms with van der Waals surface area (Å²) in [5.74, 6) is 1.84. The van der Waals surface area contributed by atoms with E-state index in [4.69, 9.17) is 6.42 Å². The van der Waals surface area contributed by atoms with Crippen LogP contribution in [-0.2, 0) is 16.8 Å². The van der Waals surface area contributed by atoms with Gasteiger partial charge in [-0.3, -0.25) is 9.36 Å². The maximum Gasteiger partial charge on any atom is 0.269 e. The molecule has 0 radical (unpaired) electrons. The Labute approximate surface area is 186 Å². The van der Waals surface area contributed by atoms with Gasteiger partial charge in [-0.25, -0.2) is 0 Å². The van der Waals surface area contributed by atoms with E-state index in [1.165, 1.54) is 0 Å². The molecule has 0 spiro atoms. The minimum atomic E-state index is -0.405. The molecular formula is C27H21N3O2. The monoisotopic (exact) mass is 419 g/mol. The van der Waals surface area contributed by atoms with Crippen LogP contribution >= 0.6 is 0 Å². The van der Waals surface area contributed by atoms with Crippen LogP contribution in [0.2, 0.25) is 0 Å². The zero-order valence-electron chi connectivity index (χ0n) is 17.3. The average Bonchev–Trinajstić information content (AvgIpc) is 3.55. The van der Waals surface area contributed by atoms with E-state index in [2.05, 4.69) is 40.4 Å². The van der Waals surface area contributed by atoms with Crippen LogP contribution in [0, 0.1) is 18.3 Å².